The molecule has 3 aromatic carbocycles. The van der Waals surface area contributed by atoms with Crippen LogP contribution in [0.4, 0.5) is 5.69 Å². The summed E-state index contributed by atoms with van der Waals surface area (Å²) >= 11 is 20.3. The number of amides is 3. The minimum Gasteiger partial charge on any atom is -0.287 e. The van der Waals surface area contributed by atoms with Gasteiger partial charge in [0.15, 0.2) is 0 Å². The van der Waals surface area contributed by atoms with E-state index in [1.54, 1.807) is 36.4 Å². The third-order valence-electron chi connectivity index (χ3n) is 5.34. The quantitative estimate of drug-likeness (QED) is 0.282. The van der Waals surface area contributed by atoms with E-state index in [9.17, 15) is 14.4 Å². The first kappa shape index (κ1) is 21.9. The molecule has 1 aromatic heterocycles. The van der Waals surface area contributed by atoms with Gasteiger partial charge in [-0.3, -0.25) is 24.2 Å². The van der Waals surface area contributed by atoms with Crippen LogP contribution in [0.1, 0.15) is 30.4 Å². The number of anilines is 1. The van der Waals surface area contributed by atoms with Gasteiger partial charge in [-0.25, -0.2) is 0 Å². The number of carbonyl (C=O) groups excluding carboxylic acids is 3. The highest BCUT2D eigenvalue weighted by Gasteiger charge is 2.38. The van der Waals surface area contributed by atoms with E-state index in [-0.39, 0.29) is 27.7 Å². The minimum absolute atomic E-state index is 0.199. The predicted molar refractivity (Wildman–Crippen MR) is 132 cm³/mol. The van der Waals surface area contributed by atoms with Gasteiger partial charge in [0.25, 0.3) is 17.7 Å². The Bertz CT molecular complexity index is 1430. The van der Waals surface area contributed by atoms with Crippen LogP contribution < -0.4 is 4.90 Å². The first-order chi connectivity index (χ1) is 15.9. The first-order valence-corrected chi connectivity index (χ1v) is 11.7. The summed E-state index contributed by atoms with van der Waals surface area (Å²) in [6, 6.07) is 18.6. The average molecular weight is 516 g/mol. The van der Waals surface area contributed by atoms with Crippen LogP contribution >= 0.6 is 46.1 Å². The summed E-state index contributed by atoms with van der Waals surface area (Å²) in [4.78, 5) is 42.3. The van der Waals surface area contributed by atoms with Crippen LogP contribution in [-0.4, -0.2) is 29.3 Å². The number of hydrogen-bond donors (Lipinski definition) is 0. The zero-order chi connectivity index (χ0) is 23.3. The minimum atomic E-state index is -0.485. The Morgan fingerprint density at radius 3 is 2.15 bits per heavy atom. The molecule has 0 radical (unpaired) electrons. The van der Waals surface area contributed by atoms with Crippen LogP contribution in [-0.2, 0) is 0 Å². The molecule has 3 amide bonds. The molecule has 1 aliphatic rings. The van der Waals surface area contributed by atoms with Crippen molar-refractivity contribution in [1.82, 2.24) is 4.90 Å². The molecular weight excluding hydrogens is 503 g/mol. The molecule has 0 N–H and O–H groups in total. The highest BCUT2D eigenvalue weighted by atomic mass is 35.5. The van der Waals surface area contributed by atoms with Crippen LogP contribution in [0.3, 0.4) is 0 Å². The second-order valence-electron chi connectivity index (χ2n) is 7.30. The second-order valence-corrected chi connectivity index (χ2v) is 9.57. The SMILES string of the molecule is O=C1c2ccccc2C(=O)N1CN(C(=O)c1sc2ccccc2c1Cl)c1ccc(Cl)cc1Cl. The summed E-state index contributed by atoms with van der Waals surface area (Å²) in [5, 5.41) is 1.63. The molecule has 5 rings (SSSR count). The molecule has 0 spiro atoms. The van der Waals surface area contributed by atoms with E-state index in [1.165, 1.54) is 22.3 Å². The van der Waals surface area contributed by atoms with E-state index in [0.717, 1.165) is 15.0 Å². The molecule has 5 nitrogen and oxygen atoms in total. The molecule has 2 heterocycles. The van der Waals surface area contributed by atoms with E-state index in [0.29, 0.717) is 15.7 Å². The van der Waals surface area contributed by atoms with Gasteiger partial charge in [0.05, 0.1) is 26.9 Å². The number of imide groups is 1. The van der Waals surface area contributed by atoms with Gasteiger partial charge in [-0.1, -0.05) is 65.1 Å². The van der Waals surface area contributed by atoms with E-state index in [2.05, 4.69) is 0 Å². The molecular formula is C24H13Cl3N2O3S. The Morgan fingerprint density at radius 2 is 1.52 bits per heavy atom. The third-order valence-corrected chi connectivity index (χ3v) is 7.54. The summed E-state index contributed by atoms with van der Waals surface area (Å²) in [6.45, 7) is -0.336. The van der Waals surface area contributed by atoms with Gasteiger partial charge in [-0.2, -0.15) is 0 Å². The maximum absolute atomic E-state index is 13.8. The Balaban J connectivity index is 1.60. The van der Waals surface area contributed by atoms with Crippen molar-refractivity contribution < 1.29 is 14.4 Å². The molecule has 0 atom stereocenters. The van der Waals surface area contributed by atoms with Gasteiger partial charge in [0.1, 0.15) is 11.5 Å². The zero-order valence-corrected chi connectivity index (χ0v) is 19.8. The molecule has 9 heteroatoms. The highest BCUT2D eigenvalue weighted by molar-refractivity contribution is 7.21. The van der Waals surface area contributed by atoms with Gasteiger partial charge in [0, 0.05) is 15.1 Å². The topological polar surface area (TPSA) is 57.7 Å². The number of fused-ring (bicyclic) bond motifs is 2. The molecule has 164 valence electrons. The van der Waals surface area contributed by atoms with Gasteiger partial charge in [-0.05, 0) is 36.4 Å². The summed E-state index contributed by atoms with van der Waals surface area (Å²) in [6.07, 6.45) is 0. The predicted octanol–water partition coefficient (Wildman–Crippen LogP) is 6.76. The molecule has 0 aliphatic carbocycles. The Morgan fingerprint density at radius 1 is 0.879 bits per heavy atom. The maximum atomic E-state index is 13.8. The van der Waals surface area contributed by atoms with Crippen molar-refractivity contribution >= 4 is 79.6 Å². The maximum Gasteiger partial charge on any atom is 0.271 e. The molecule has 0 fully saturated rings. The Hall–Kier alpha value is -2.90. The molecule has 33 heavy (non-hydrogen) atoms. The monoisotopic (exact) mass is 514 g/mol. The molecule has 1 aliphatic heterocycles. The number of halogens is 3. The Kier molecular flexibility index (Phi) is 5.62. The van der Waals surface area contributed by atoms with Crippen molar-refractivity contribution in [3.05, 3.63) is 97.8 Å². The van der Waals surface area contributed by atoms with Crippen LogP contribution in [0.15, 0.2) is 66.7 Å². The number of nitrogens with zero attached hydrogens (tertiary/aromatic N) is 2. The summed E-state index contributed by atoms with van der Waals surface area (Å²) in [5.74, 6) is -1.45. The lowest BCUT2D eigenvalue weighted by Crippen LogP contribution is -2.44. The lowest BCUT2D eigenvalue weighted by Gasteiger charge is -2.27. The van der Waals surface area contributed by atoms with Crippen molar-refractivity contribution in [2.24, 2.45) is 0 Å². The molecule has 0 saturated heterocycles. The second kappa shape index (κ2) is 8.47. The average Bonchev–Trinajstić information content (AvgIpc) is 3.27. The highest BCUT2D eigenvalue weighted by Crippen LogP contribution is 2.38. The first-order valence-electron chi connectivity index (χ1n) is 9.76. The third kappa shape index (κ3) is 3.69. The molecule has 0 bridgehead atoms. The smallest absolute Gasteiger partial charge is 0.271 e. The zero-order valence-electron chi connectivity index (χ0n) is 16.7. The van der Waals surface area contributed by atoms with E-state index in [1.807, 2.05) is 24.3 Å². The number of hydrogen-bond acceptors (Lipinski definition) is 4. The molecule has 0 unspecified atom stereocenters. The van der Waals surface area contributed by atoms with Crippen LogP contribution in [0.25, 0.3) is 10.1 Å². The summed E-state index contributed by atoms with van der Waals surface area (Å²) < 4.78 is 0.841. The van der Waals surface area contributed by atoms with Crippen LogP contribution in [0.2, 0.25) is 15.1 Å². The largest absolute Gasteiger partial charge is 0.287 e. The van der Waals surface area contributed by atoms with Crippen molar-refractivity contribution in [3.8, 4) is 0 Å². The number of benzene rings is 3. The van der Waals surface area contributed by atoms with Gasteiger partial charge < -0.3 is 0 Å². The summed E-state index contributed by atoms with van der Waals surface area (Å²) in [5.41, 5.74) is 0.880. The number of thiophene rings is 1. The lowest BCUT2D eigenvalue weighted by atomic mass is 10.1. The van der Waals surface area contributed by atoms with E-state index >= 15 is 0 Å². The fraction of sp³-hybridized carbons (Fsp3) is 0.0417. The van der Waals surface area contributed by atoms with Gasteiger partial charge in [0.2, 0.25) is 0 Å². The van der Waals surface area contributed by atoms with Gasteiger partial charge >= 0.3 is 0 Å². The van der Waals surface area contributed by atoms with Crippen molar-refractivity contribution in [1.29, 1.82) is 0 Å². The van der Waals surface area contributed by atoms with Crippen LogP contribution in [0.5, 0.6) is 0 Å². The fourth-order valence-electron chi connectivity index (χ4n) is 3.73. The van der Waals surface area contributed by atoms with Crippen LogP contribution in [0, 0.1) is 0 Å². The molecule has 4 aromatic rings. The lowest BCUT2D eigenvalue weighted by molar-refractivity contribution is 0.0650. The fourth-order valence-corrected chi connectivity index (χ4v) is 5.70. The standard InChI is InChI=1S/C24H13Cl3N2O3S/c25-13-9-10-18(17(26)11-13)28(12-29-22(30)14-5-1-2-6-15(14)23(29)31)24(32)21-20(27)16-7-3-4-8-19(16)33-21/h1-11H,12H2. The van der Waals surface area contributed by atoms with Crippen molar-refractivity contribution in [3.63, 3.8) is 0 Å². The normalized spacial score (nSPS) is 13.0. The van der Waals surface area contributed by atoms with E-state index in [4.69, 9.17) is 34.8 Å². The van der Waals surface area contributed by atoms with Gasteiger partial charge in [-0.15, -0.1) is 11.3 Å². The van der Waals surface area contributed by atoms with Crippen molar-refractivity contribution in [2.75, 3.05) is 11.6 Å². The molecule has 0 saturated carbocycles. The Labute approximate surface area is 207 Å². The van der Waals surface area contributed by atoms with E-state index < -0.39 is 17.7 Å². The number of rotatable bonds is 4. The number of carbonyl (C=O) groups is 3. The summed E-state index contributed by atoms with van der Waals surface area (Å²) in [7, 11) is 0. The van der Waals surface area contributed by atoms with Crippen molar-refractivity contribution in [2.45, 2.75) is 0 Å².